The first-order valence-corrected chi connectivity index (χ1v) is 9.76. The van der Waals surface area contributed by atoms with E-state index in [1.165, 1.54) is 18.2 Å². The molecule has 0 atom stereocenters. The van der Waals surface area contributed by atoms with E-state index in [0.29, 0.717) is 23.2 Å². The first kappa shape index (κ1) is 20.2. The minimum atomic E-state index is -1.11. The number of carboxylic acid groups (broad SMARTS) is 2. The highest BCUT2D eigenvalue weighted by Crippen LogP contribution is 2.34. The number of carbonyl (C=O) groups is 2. The Morgan fingerprint density at radius 3 is 2.39 bits per heavy atom. The molecule has 0 amide bonds. The maximum Gasteiger partial charge on any atom is 0.336 e. The lowest BCUT2D eigenvalue weighted by Crippen LogP contribution is -2.20. The number of nitrogens with zero attached hydrogens (tertiary/aromatic N) is 1. The summed E-state index contributed by atoms with van der Waals surface area (Å²) in [6.45, 7) is 1.32. The molecule has 156 valence electrons. The Balaban J connectivity index is 1.74. The van der Waals surface area contributed by atoms with Crippen LogP contribution >= 0.6 is 0 Å². The van der Waals surface area contributed by atoms with Gasteiger partial charge in [-0.1, -0.05) is 24.3 Å². The zero-order valence-electron chi connectivity index (χ0n) is 16.6. The van der Waals surface area contributed by atoms with E-state index in [1.54, 1.807) is 0 Å². The SMILES string of the molecule is N=C(N)c1ccc2c(c1)CCN2Cc1ccccc1-c1cc(C(=O)O)ccc1C(=O)O. The maximum absolute atomic E-state index is 11.8. The Labute approximate surface area is 178 Å². The summed E-state index contributed by atoms with van der Waals surface area (Å²) >= 11 is 0. The highest BCUT2D eigenvalue weighted by atomic mass is 16.4. The number of rotatable bonds is 6. The van der Waals surface area contributed by atoms with Gasteiger partial charge in [0.05, 0.1) is 11.1 Å². The molecule has 3 aromatic rings. The summed E-state index contributed by atoms with van der Waals surface area (Å²) in [7, 11) is 0. The van der Waals surface area contributed by atoms with Crippen LogP contribution < -0.4 is 10.6 Å². The van der Waals surface area contributed by atoms with Crippen LogP contribution in [0.1, 0.15) is 37.4 Å². The van der Waals surface area contributed by atoms with Crippen LogP contribution in [0.15, 0.2) is 60.7 Å². The van der Waals surface area contributed by atoms with Gasteiger partial charge in [0.15, 0.2) is 0 Å². The number of hydrogen-bond donors (Lipinski definition) is 4. The average Bonchev–Trinajstić information content (AvgIpc) is 3.15. The molecule has 1 aliphatic heterocycles. The number of anilines is 1. The quantitative estimate of drug-likeness (QED) is 0.360. The van der Waals surface area contributed by atoms with E-state index in [1.807, 2.05) is 42.5 Å². The van der Waals surface area contributed by atoms with Crippen LogP contribution in [0.3, 0.4) is 0 Å². The van der Waals surface area contributed by atoms with Gasteiger partial charge in [0, 0.05) is 24.3 Å². The summed E-state index contributed by atoms with van der Waals surface area (Å²) in [6.07, 6.45) is 0.827. The van der Waals surface area contributed by atoms with Gasteiger partial charge in [-0.05, 0) is 65.1 Å². The lowest BCUT2D eigenvalue weighted by Gasteiger charge is -2.22. The van der Waals surface area contributed by atoms with Gasteiger partial charge in [0.25, 0.3) is 0 Å². The summed E-state index contributed by atoms with van der Waals surface area (Å²) < 4.78 is 0. The van der Waals surface area contributed by atoms with Crippen molar-refractivity contribution >= 4 is 23.5 Å². The van der Waals surface area contributed by atoms with Gasteiger partial charge >= 0.3 is 11.9 Å². The predicted molar refractivity (Wildman–Crippen MR) is 118 cm³/mol. The van der Waals surface area contributed by atoms with Crippen LogP contribution in [0.4, 0.5) is 5.69 Å². The predicted octanol–water partition coefficient (Wildman–Crippen LogP) is 3.60. The van der Waals surface area contributed by atoms with Crippen molar-refractivity contribution in [1.82, 2.24) is 0 Å². The first-order valence-electron chi connectivity index (χ1n) is 9.76. The first-order chi connectivity index (χ1) is 14.8. The Hall–Kier alpha value is -4.13. The highest BCUT2D eigenvalue weighted by Gasteiger charge is 2.22. The second kappa shape index (κ2) is 7.95. The third-order valence-electron chi connectivity index (χ3n) is 5.55. The van der Waals surface area contributed by atoms with E-state index in [0.717, 1.165) is 29.8 Å². The molecule has 0 saturated carbocycles. The molecule has 31 heavy (non-hydrogen) atoms. The van der Waals surface area contributed by atoms with Crippen molar-refractivity contribution in [3.05, 3.63) is 88.5 Å². The van der Waals surface area contributed by atoms with E-state index in [2.05, 4.69) is 4.90 Å². The normalized spacial score (nSPS) is 12.5. The fraction of sp³-hybridized carbons (Fsp3) is 0.125. The second-order valence-electron chi connectivity index (χ2n) is 7.46. The molecular weight excluding hydrogens is 394 g/mol. The van der Waals surface area contributed by atoms with Crippen molar-refractivity contribution in [3.8, 4) is 11.1 Å². The number of aromatic carboxylic acids is 2. The van der Waals surface area contributed by atoms with Crippen molar-refractivity contribution in [2.45, 2.75) is 13.0 Å². The Kier molecular flexibility index (Phi) is 5.17. The van der Waals surface area contributed by atoms with Crippen molar-refractivity contribution in [2.75, 3.05) is 11.4 Å². The highest BCUT2D eigenvalue weighted by molar-refractivity contribution is 5.99. The van der Waals surface area contributed by atoms with Crippen LogP contribution in [0.2, 0.25) is 0 Å². The van der Waals surface area contributed by atoms with Crippen molar-refractivity contribution < 1.29 is 19.8 Å². The molecule has 0 radical (unpaired) electrons. The number of nitrogens with one attached hydrogen (secondary N) is 1. The minimum Gasteiger partial charge on any atom is -0.478 e. The van der Waals surface area contributed by atoms with E-state index in [4.69, 9.17) is 11.1 Å². The molecule has 5 N–H and O–H groups in total. The Morgan fingerprint density at radius 2 is 1.68 bits per heavy atom. The smallest absolute Gasteiger partial charge is 0.336 e. The van der Waals surface area contributed by atoms with Gasteiger partial charge in [-0.2, -0.15) is 0 Å². The van der Waals surface area contributed by atoms with Crippen LogP contribution in [-0.4, -0.2) is 34.5 Å². The average molecular weight is 415 g/mol. The van der Waals surface area contributed by atoms with E-state index >= 15 is 0 Å². The fourth-order valence-electron chi connectivity index (χ4n) is 4.02. The zero-order valence-corrected chi connectivity index (χ0v) is 16.6. The number of hydrogen-bond acceptors (Lipinski definition) is 4. The van der Waals surface area contributed by atoms with E-state index < -0.39 is 11.9 Å². The molecule has 3 aromatic carbocycles. The van der Waals surface area contributed by atoms with E-state index in [9.17, 15) is 19.8 Å². The maximum atomic E-state index is 11.8. The Morgan fingerprint density at radius 1 is 0.935 bits per heavy atom. The molecule has 0 aromatic heterocycles. The fourth-order valence-corrected chi connectivity index (χ4v) is 4.02. The molecular formula is C24H21N3O4. The van der Waals surface area contributed by atoms with Crippen LogP contribution in [0.25, 0.3) is 11.1 Å². The number of carboxylic acids is 2. The lowest BCUT2D eigenvalue weighted by atomic mass is 9.93. The molecule has 7 nitrogen and oxygen atoms in total. The number of nitrogens with two attached hydrogens (primary N) is 1. The number of nitrogen functional groups attached to an aromatic ring is 1. The van der Waals surface area contributed by atoms with Crippen molar-refractivity contribution in [1.29, 1.82) is 5.41 Å². The summed E-state index contributed by atoms with van der Waals surface area (Å²) in [5, 5.41) is 26.7. The topological polar surface area (TPSA) is 128 Å². The molecule has 4 rings (SSSR count). The van der Waals surface area contributed by atoms with Crippen LogP contribution in [-0.2, 0) is 13.0 Å². The van der Waals surface area contributed by atoms with Crippen molar-refractivity contribution in [3.63, 3.8) is 0 Å². The third kappa shape index (κ3) is 3.85. The summed E-state index contributed by atoms with van der Waals surface area (Å²) in [6, 6.07) is 17.2. The minimum absolute atomic E-state index is 0.0334. The molecule has 0 aliphatic carbocycles. The molecule has 0 fully saturated rings. The molecule has 0 saturated heterocycles. The van der Waals surface area contributed by atoms with Gasteiger partial charge < -0.3 is 20.8 Å². The van der Waals surface area contributed by atoms with Crippen LogP contribution in [0, 0.1) is 5.41 Å². The molecule has 0 bridgehead atoms. The summed E-state index contributed by atoms with van der Waals surface area (Å²) in [4.78, 5) is 25.5. The van der Waals surface area contributed by atoms with Gasteiger partial charge in [-0.15, -0.1) is 0 Å². The number of benzene rings is 3. The number of fused-ring (bicyclic) bond motifs is 1. The monoisotopic (exact) mass is 415 g/mol. The molecule has 1 aliphatic rings. The second-order valence-corrected chi connectivity index (χ2v) is 7.46. The zero-order chi connectivity index (χ0) is 22.1. The largest absolute Gasteiger partial charge is 0.478 e. The van der Waals surface area contributed by atoms with Crippen LogP contribution in [0.5, 0.6) is 0 Å². The van der Waals surface area contributed by atoms with Crippen molar-refractivity contribution in [2.24, 2.45) is 5.73 Å². The summed E-state index contributed by atoms with van der Waals surface area (Å²) in [5.41, 5.74) is 10.5. The number of amidine groups is 1. The molecule has 7 heteroatoms. The lowest BCUT2D eigenvalue weighted by molar-refractivity contribution is 0.0682. The van der Waals surface area contributed by atoms with Gasteiger partial charge in [-0.3, -0.25) is 5.41 Å². The summed E-state index contributed by atoms with van der Waals surface area (Å²) in [5.74, 6) is -2.18. The van der Waals surface area contributed by atoms with Gasteiger partial charge in [0.1, 0.15) is 5.84 Å². The van der Waals surface area contributed by atoms with Gasteiger partial charge in [0.2, 0.25) is 0 Å². The Bertz CT molecular complexity index is 1220. The molecule has 1 heterocycles. The molecule has 0 unspecified atom stereocenters. The third-order valence-corrected chi connectivity index (χ3v) is 5.55. The standard InChI is InChI=1S/C24H21N3O4/c25-22(26)15-6-8-21-14(11-15)9-10-27(21)13-17-3-1-2-4-18(17)20-12-16(23(28)29)5-7-19(20)24(30)31/h1-8,11-12H,9-10,13H2,(H3,25,26)(H,28,29)(H,30,31). The van der Waals surface area contributed by atoms with E-state index in [-0.39, 0.29) is 17.0 Å². The van der Waals surface area contributed by atoms with Gasteiger partial charge in [-0.25, -0.2) is 9.59 Å². The molecule has 0 spiro atoms.